The van der Waals surface area contributed by atoms with Crippen molar-refractivity contribution in [3.8, 4) is 0 Å². The molecule has 0 aliphatic heterocycles. The van der Waals surface area contributed by atoms with Crippen molar-refractivity contribution in [2.45, 2.75) is 78.6 Å². The van der Waals surface area contributed by atoms with Gasteiger partial charge in [-0.1, -0.05) is 46.0 Å². The third kappa shape index (κ3) is 5.74. The molecule has 1 atom stereocenters. The lowest BCUT2D eigenvalue weighted by molar-refractivity contribution is 0.0516. The number of nitrogens with zero attached hydrogens (tertiary/aromatic N) is 2. The Bertz CT molecular complexity index is 460. The summed E-state index contributed by atoms with van der Waals surface area (Å²) in [4.78, 5) is 21.0. The monoisotopic (exact) mass is 306 g/mol. The second-order valence-corrected chi connectivity index (χ2v) is 5.77. The highest BCUT2D eigenvalue weighted by Crippen LogP contribution is 2.27. The molecule has 0 bridgehead atoms. The van der Waals surface area contributed by atoms with Crippen LogP contribution in [0.2, 0.25) is 0 Å². The van der Waals surface area contributed by atoms with E-state index in [9.17, 15) is 4.79 Å². The fraction of sp³-hybridized carbons (Fsp3) is 0.722. The maximum absolute atomic E-state index is 12.1. The highest BCUT2D eigenvalue weighted by atomic mass is 16.5. The molecule has 4 heteroatoms. The average molecular weight is 306 g/mol. The summed E-state index contributed by atoms with van der Waals surface area (Å²) in [7, 11) is 0. The normalized spacial score (nSPS) is 12.2. The molecular formula is C18H30N2O2. The summed E-state index contributed by atoms with van der Waals surface area (Å²) < 4.78 is 5.12. The minimum atomic E-state index is -0.352. The molecule has 0 saturated heterocycles. The first-order valence-electron chi connectivity index (χ1n) is 8.64. The molecule has 0 aliphatic carbocycles. The van der Waals surface area contributed by atoms with E-state index in [2.05, 4.69) is 23.8 Å². The molecule has 0 fully saturated rings. The van der Waals surface area contributed by atoms with Crippen molar-refractivity contribution in [1.82, 2.24) is 9.97 Å². The van der Waals surface area contributed by atoms with Crippen molar-refractivity contribution in [3.05, 3.63) is 23.3 Å². The molecule has 1 unspecified atom stereocenters. The molecule has 22 heavy (non-hydrogen) atoms. The molecule has 0 aromatic carbocycles. The molecule has 1 aromatic heterocycles. The molecule has 0 spiro atoms. The van der Waals surface area contributed by atoms with Crippen LogP contribution >= 0.6 is 0 Å². The van der Waals surface area contributed by atoms with Crippen molar-refractivity contribution < 1.29 is 9.53 Å². The Labute approximate surface area is 134 Å². The third-order valence-electron chi connectivity index (χ3n) is 3.92. The number of esters is 1. The highest BCUT2D eigenvalue weighted by Gasteiger charge is 2.22. The van der Waals surface area contributed by atoms with E-state index >= 15 is 0 Å². The number of unbranched alkanes of at least 4 members (excludes halogenated alkanes) is 4. The van der Waals surface area contributed by atoms with Crippen LogP contribution in [0.3, 0.4) is 0 Å². The molecule has 0 radical (unpaired) electrons. The van der Waals surface area contributed by atoms with Crippen LogP contribution in [0.15, 0.2) is 6.20 Å². The van der Waals surface area contributed by atoms with Gasteiger partial charge in [-0.2, -0.15) is 0 Å². The van der Waals surface area contributed by atoms with Crippen LogP contribution in [-0.2, 0) is 4.74 Å². The second-order valence-electron chi connectivity index (χ2n) is 5.77. The van der Waals surface area contributed by atoms with Gasteiger partial charge >= 0.3 is 5.97 Å². The Balaban J connectivity index is 2.80. The first-order chi connectivity index (χ1) is 10.6. The van der Waals surface area contributed by atoms with Gasteiger partial charge in [0, 0.05) is 12.1 Å². The summed E-state index contributed by atoms with van der Waals surface area (Å²) in [5, 5.41) is 0. The lowest BCUT2D eigenvalue weighted by Crippen LogP contribution is -2.15. The van der Waals surface area contributed by atoms with Gasteiger partial charge in [0.2, 0.25) is 0 Å². The first kappa shape index (κ1) is 18.6. The van der Waals surface area contributed by atoms with Crippen LogP contribution < -0.4 is 0 Å². The average Bonchev–Trinajstić information content (AvgIpc) is 2.51. The van der Waals surface area contributed by atoms with Gasteiger partial charge in [-0.05, 0) is 26.7 Å². The minimum absolute atomic E-state index is 0.286. The molecule has 4 nitrogen and oxygen atoms in total. The summed E-state index contributed by atoms with van der Waals surface area (Å²) in [5.74, 6) is -0.0668. The predicted octanol–water partition coefficient (Wildman–Crippen LogP) is 4.82. The van der Waals surface area contributed by atoms with Gasteiger partial charge in [0.15, 0.2) is 5.69 Å². The van der Waals surface area contributed by atoms with Crippen molar-refractivity contribution >= 4 is 5.97 Å². The van der Waals surface area contributed by atoms with Crippen LogP contribution in [0.25, 0.3) is 0 Å². The van der Waals surface area contributed by atoms with E-state index in [1.165, 1.54) is 32.1 Å². The predicted molar refractivity (Wildman–Crippen MR) is 89.1 cm³/mol. The van der Waals surface area contributed by atoms with Crippen molar-refractivity contribution in [2.75, 3.05) is 6.61 Å². The number of rotatable bonds is 10. The van der Waals surface area contributed by atoms with Crippen LogP contribution in [0.5, 0.6) is 0 Å². The third-order valence-corrected chi connectivity index (χ3v) is 3.92. The summed E-state index contributed by atoms with van der Waals surface area (Å²) in [5.41, 5.74) is 2.07. The number of hydrogen-bond acceptors (Lipinski definition) is 4. The minimum Gasteiger partial charge on any atom is -0.461 e. The Morgan fingerprint density at radius 2 is 1.91 bits per heavy atom. The van der Waals surface area contributed by atoms with Crippen LogP contribution in [0.1, 0.15) is 93.5 Å². The first-order valence-corrected chi connectivity index (χ1v) is 8.64. The summed E-state index contributed by atoms with van der Waals surface area (Å²) >= 11 is 0. The van der Waals surface area contributed by atoms with Crippen LogP contribution in [0, 0.1) is 6.92 Å². The maximum Gasteiger partial charge on any atom is 0.358 e. The molecule has 1 heterocycles. The zero-order valence-electron chi connectivity index (χ0n) is 14.5. The Hall–Kier alpha value is -1.45. The van der Waals surface area contributed by atoms with E-state index in [4.69, 9.17) is 4.74 Å². The maximum atomic E-state index is 12.1. The topological polar surface area (TPSA) is 52.1 Å². The largest absolute Gasteiger partial charge is 0.461 e. The molecule has 1 aromatic rings. The van der Waals surface area contributed by atoms with E-state index in [0.29, 0.717) is 12.3 Å². The molecule has 1 rings (SSSR count). The summed E-state index contributed by atoms with van der Waals surface area (Å²) in [6, 6.07) is 0. The van der Waals surface area contributed by atoms with E-state index < -0.39 is 0 Å². The quantitative estimate of drug-likeness (QED) is 0.459. The number of carbonyl (C=O) groups is 1. The van der Waals surface area contributed by atoms with Gasteiger partial charge in [-0.3, -0.25) is 4.98 Å². The molecule has 0 amide bonds. The van der Waals surface area contributed by atoms with E-state index in [-0.39, 0.29) is 11.9 Å². The number of ether oxygens (including phenoxy) is 1. The van der Waals surface area contributed by atoms with Gasteiger partial charge in [0.25, 0.3) is 0 Å². The van der Waals surface area contributed by atoms with Gasteiger partial charge in [0.05, 0.1) is 18.0 Å². The number of aryl methyl sites for hydroxylation is 1. The standard InChI is InChI=1S/C18H30N2O2/c1-5-8-9-10-11-12-15(6-2)16-17(18(21)22-7-3)19-13-14(4)20-16/h13,15H,5-12H2,1-4H3. The van der Waals surface area contributed by atoms with Crippen LogP contribution in [0.4, 0.5) is 0 Å². The Kier molecular flexibility index (Phi) is 8.71. The van der Waals surface area contributed by atoms with E-state index in [1.54, 1.807) is 6.20 Å². The zero-order chi connectivity index (χ0) is 16.4. The Morgan fingerprint density at radius 3 is 2.55 bits per heavy atom. The number of hydrogen-bond donors (Lipinski definition) is 0. The fourth-order valence-electron chi connectivity index (χ4n) is 2.67. The number of aromatic nitrogens is 2. The lowest BCUT2D eigenvalue weighted by atomic mass is 9.93. The van der Waals surface area contributed by atoms with E-state index in [0.717, 1.165) is 24.2 Å². The zero-order valence-corrected chi connectivity index (χ0v) is 14.5. The van der Waals surface area contributed by atoms with Crippen molar-refractivity contribution in [1.29, 1.82) is 0 Å². The highest BCUT2D eigenvalue weighted by molar-refractivity contribution is 5.88. The smallest absolute Gasteiger partial charge is 0.358 e. The van der Waals surface area contributed by atoms with Crippen molar-refractivity contribution in [3.63, 3.8) is 0 Å². The van der Waals surface area contributed by atoms with Gasteiger partial charge < -0.3 is 4.74 Å². The van der Waals surface area contributed by atoms with E-state index in [1.807, 2.05) is 13.8 Å². The number of carbonyl (C=O) groups excluding carboxylic acids is 1. The summed E-state index contributed by atoms with van der Waals surface area (Å²) in [6.07, 6.45) is 9.95. The van der Waals surface area contributed by atoms with Gasteiger partial charge in [-0.25, -0.2) is 9.78 Å². The SMILES string of the molecule is CCCCCCCC(CC)c1nc(C)cnc1C(=O)OCC. The molecule has 0 saturated carbocycles. The summed E-state index contributed by atoms with van der Waals surface area (Å²) in [6.45, 7) is 8.46. The van der Waals surface area contributed by atoms with Gasteiger partial charge in [0.1, 0.15) is 0 Å². The van der Waals surface area contributed by atoms with Gasteiger partial charge in [-0.15, -0.1) is 0 Å². The molecular weight excluding hydrogens is 276 g/mol. The lowest BCUT2D eigenvalue weighted by Gasteiger charge is -2.17. The second kappa shape index (κ2) is 10.3. The molecule has 0 aliphatic rings. The molecule has 124 valence electrons. The van der Waals surface area contributed by atoms with Crippen LogP contribution in [-0.4, -0.2) is 22.5 Å². The molecule has 0 N–H and O–H groups in total. The fourth-order valence-corrected chi connectivity index (χ4v) is 2.67. The van der Waals surface area contributed by atoms with Crippen molar-refractivity contribution in [2.24, 2.45) is 0 Å². The Morgan fingerprint density at radius 1 is 1.18 bits per heavy atom.